The molecular weight excluding hydrogens is 345 g/mol. The van der Waals surface area contributed by atoms with E-state index >= 15 is 0 Å². The Kier molecular flexibility index (Phi) is 4.45. The minimum absolute atomic E-state index is 0.255. The summed E-state index contributed by atoms with van der Waals surface area (Å²) in [5, 5.41) is 8.75. The van der Waals surface area contributed by atoms with E-state index in [0.717, 1.165) is 16.8 Å². The lowest BCUT2D eigenvalue weighted by atomic mass is 10.1. The summed E-state index contributed by atoms with van der Waals surface area (Å²) in [7, 11) is 0. The van der Waals surface area contributed by atoms with Crippen LogP contribution in [0.1, 0.15) is 31.4 Å². The third-order valence-electron chi connectivity index (χ3n) is 4.36. The minimum atomic E-state index is -1.18. The summed E-state index contributed by atoms with van der Waals surface area (Å²) >= 11 is 0. The summed E-state index contributed by atoms with van der Waals surface area (Å²) in [4.78, 5) is 12.4. The van der Waals surface area contributed by atoms with Crippen molar-refractivity contribution in [3.8, 4) is 17.2 Å². The van der Waals surface area contributed by atoms with Crippen LogP contribution in [0.4, 0.5) is 4.39 Å². The molecular formula is C19H18FN7. The van der Waals surface area contributed by atoms with Gasteiger partial charge in [0.15, 0.2) is 12.0 Å². The summed E-state index contributed by atoms with van der Waals surface area (Å²) in [6, 6.07) is 1.53. The zero-order chi connectivity index (χ0) is 18.8. The van der Waals surface area contributed by atoms with Crippen LogP contribution in [-0.4, -0.2) is 34.5 Å². The zero-order valence-electron chi connectivity index (χ0n) is 14.8. The van der Waals surface area contributed by atoms with Crippen molar-refractivity contribution in [1.82, 2.24) is 34.5 Å². The van der Waals surface area contributed by atoms with E-state index < -0.39 is 6.17 Å². The molecule has 8 heteroatoms. The minimum Gasteiger partial charge on any atom is -0.245 e. The van der Waals surface area contributed by atoms with Crippen molar-refractivity contribution >= 4 is 0 Å². The Labute approximate surface area is 155 Å². The van der Waals surface area contributed by atoms with Crippen molar-refractivity contribution in [3.63, 3.8) is 0 Å². The maximum Gasteiger partial charge on any atom is 0.269 e. The van der Waals surface area contributed by atoms with Crippen LogP contribution in [0.15, 0.2) is 67.4 Å². The smallest absolute Gasteiger partial charge is 0.245 e. The topological polar surface area (TPSA) is 74.3 Å². The molecule has 1 aliphatic rings. The van der Waals surface area contributed by atoms with Crippen LogP contribution in [0.3, 0.4) is 0 Å². The first-order valence-corrected chi connectivity index (χ1v) is 8.57. The summed E-state index contributed by atoms with van der Waals surface area (Å²) in [6.07, 6.45) is 13.2. The molecule has 3 aromatic rings. The Morgan fingerprint density at radius 3 is 3.04 bits per heavy atom. The van der Waals surface area contributed by atoms with Crippen LogP contribution in [-0.2, 0) is 0 Å². The van der Waals surface area contributed by atoms with Crippen LogP contribution in [0.5, 0.6) is 0 Å². The number of fused-ring (bicyclic) bond motifs is 1. The van der Waals surface area contributed by atoms with E-state index in [4.69, 9.17) is 0 Å². The van der Waals surface area contributed by atoms with Crippen LogP contribution in [0.2, 0.25) is 0 Å². The first-order chi connectivity index (χ1) is 13.2. The van der Waals surface area contributed by atoms with Gasteiger partial charge in [-0.15, -0.1) is 5.10 Å². The molecule has 0 saturated carbocycles. The summed E-state index contributed by atoms with van der Waals surface area (Å²) in [5.41, 5.74) is 2.33. The summed E-state index contributed by atoms with van der Waals surface area (Å²) in [6.45, 7) is 5.99. The molecule has 0 spiro atoms. The van der Waals surface area contributed by atoms with E-state index in [1.165, 1.54) is 11.0 Å². The van der Waals surface area contributed by atoms with Crippen LogP contribution >= 0.6 is 0 Å². The molecule has 0 fully saturated rings. The molecule has 0 saturated heterocycles. The second kappa shape index (κ2) is 7.06. The van der Waals surface area contributed by atoms with Crippen molar-refractivity contribution < 1.29 is 4.39 Å². The second-order valence-corrected chi connectivity index (χ2v) is 6.16. The van der Waals surface area contributed by atoms with Gasteiger partial charge in [0, 0.05) is 24.4 Å². The predicted octanol–water partition coefficient (Wildman–Crippen LogP) is 3.56. The van der Waals surface area contributed by atoms with Gasteiger partial charge in [0.2, 0.25) is 0 Å². The van der Waals surface area contributed by atoms with E-state index in [1.54, 1.807) is 29.3 Å². The molecule has 1 aliphatic heterocycles. The molecule has 7 nitrogen and oxygen atoms in total. The number of aromatic nitrogens is 7. The second-order valence-electron chi connectivity index (χ2n) is 6.16. The normalized spacial score (nSPS) is 19.2. The number of allylic oxidation sites excluding steroid dienone is 5. The van der Waals surface area contributed by atoms with Crippen LogP contribution in [0, 0.1) is 0 Å². The monoisotopic (exact) mass is 363 g/mol. The Hall–Kier alpha value is -3.42. The van der Waals surface area contributed by atoms with Gasteiger partial charge >= 0.3 is 0 Å². The molecule has 4 heterocycles. The van der Waals surface area contributed by atoms with Crippen molar-refractivity contribution in [2.45, 2.75) is 25.6 Å². The van der Waals surface area contributed by atoms with Crippen molar-refractivity contribution in [2.75, 3.05) is 0 Å². The third-order valence-corrected chi connectivity index (χ3v) is 4.36. The summed E-state index contributed by atoms with van der Waals surface area (Å²) < 4.78 is 17.6. The van der Waals surface area contributed by atoms with Gasteiger partial charge in [-0.1, -0.05) is 30.9 Å². The fourth-order valence-corrected chi connectivity index (χ4v) is 3.00. The fraction of sp³-hybridized carbons (Fsp3) is 0.211. The molecule has 2 atom stereocenters. The lowest BCUT2D eigenvalue weighted by Crippen LogP contribution is -2.08. The van der Waals surface area contributed by atoms with Gasteiger partial charge in [0.1, 0.15) is 6.33 Å². The fourth-order valence-electron chi connectivity index (χ4n) is 3.00. The van der Waals surface area contributed by atoms with Gasteiger partial charge in [-0.05, 0) is 18.6 Å². The molecule has 0 N–H and O–H groups in total. The van der Waals surface area contributed by atoms with E-state index in [0.29, 0.717) is 18.2 Å². The lowest BCUT2D eigenvalue weighted by molar-refractivity contribution is 0.328. The number of halogens is 1. The van der Waals surface area contributed by atoms with E-state index in [-0.39, 0.29) is 6.04 Å². The SMILES string of the molecule is C=C(/C=C\C=C/C)[C@@H]1C[C@H](F)c2nc(-n3cc(-c4ccncn4)cn3)nn21. The highest BCUT2D eigenvalue weighted by atomic mass is 19.1. The molecule has 4 rings (SSSR count). The van der Waals surface area contributed by atoms with Gasteiger partial charge in [-0.2, -0.15) is 10.1 Å². The molecule has 136 valence electrons. The number of rotatable bonds is 5. The van der Waals surface area contributed by atoms with Crippen LogP contribution in [0.25, 0.3) is 17.2 Å². The predicted molar refractivity (Wildman–Crippen MR) is 98.8 cm³/mol. The van der Waals surface area contributed by atoms with Crippen molar-refractivity contribution in [3.05, 3.63) is 73.3 Å². The Morgan fingerprint density at radius 1 is 1.37 bits per heavy atom. The number of nitrogens with zero attached hydrogens (tertiary/aromatic N) is 7. The highest BCUT2D eigenvalue weighted by Gasteiger charge is 2.35. The lowest BCUT2D eigenvalue weighted by Gasteiger charge is -2.11. The maximum atomic E-state index is 14.5. The highest BCUT2D eigenvalue weighted by molar-refractivity contribution is 5.56. The van der Waals surface area contributed by atoms with Gasteiger partial charge in [-0.3, -0.25) is 0 Å². The molecule has 0 amide bonds. The number of alkyl halides is 1. The van der Waals surface area contributed by atoms with Crippen molar-refractivity contribution in [1.29, 1.82) is 0 Å². The maximum absolute atomic E-state index is 14.5. The average molecular weight is 363 g/mol. The first kappa shape index (κ1) is 17.0. The van der Waals surface area contributed by atoms with E-state index in [9.17, 15) is 4.39 Å². The molecule has 0 bridgehead atoms. The molecule has 3 aromatic heterocycles. The van der Waals surface area contributed by atoms with Gasteiger partial charge in [-0.25, -0.2) is 23.7 Å². The third kappa shape index (κ3) is 3.21. The Bertz CT molecular complexity index is 1020. The van der Waals surface area contributed by atoms with Gasteiger partial charge < -0.3 is 0 Å². The molecule has 0 aliphatic carbocycles. The highest BCUT2D eigenvalue weighted by Crippen LogP contribution is 2.39. The van der Waals surface area contributed by atoms with Crippen LogP contribution < -0.4 is 0 Å². The standard InChI is InChI=1S/C19H18FN7/c1-3-4-5-6-13(2)17-9-15(20)18-24-19(25-27(17)18)26-11-14(10-23-26)16-7-8-21-12-22-16/h3-8,10-12,15,17H,2,9H2,1H3/b4-3-,6-5-/t15-,17-/m0/s1. The number of hydrogen-bond donors (Lipinski definition) is 0. The largest absolute Gasteiger partial charge is 0.269 e. The molecule has 0 aromatic carbocycles. The first-order valence-electron chi connectivity index (χ1n) is 8.57. The van der Waals surface area contributed by atoms with E-state index in [2.05, 4.69) is 31.7 Å². The van der Waals surface area contributed by atoms with Crippen molar-refractivity contribution in [2.24, 2.45) is 0 Å². The molecule has 0 unspecified atom stereocenters. The Morgan fingerprint density at radius 2 is 2.26 bits per heavy atom. The molecule has 0 radical (unpaired) electrons. The summed E-state index contributed by atoms with van der Waals surface area (Å²) in [5.74, 6) is 0.623. The molecule has 27 heavy (non-hydrogen) atoms. The average Bonchev–Trinajstić information content (AvgIpc) is 3.39. The van der Waals surface area contributed by atoms with Gasteiger partial charge in [0.05, 0.1) is 17.9 Å². The van der Waals surface area contributed by atoms with E-state index in [1.807, 2.05) is 31.2 Å². The Balaban J connectivity index is 1.63. The quantitative estimate of drug-likeness (QED) is 0.648. The van der Waals surface area contributed by atoms with Gasteiger partial charge in [0.25, 0.3) is 5.95 Å². The number of hydrogen-bond acceptors (Lipinski definition) is 5. The zero-order valence-corrected chi connectivity index (χ0v) is 14.8.